The molecule has 0 saturated carbocycles. The first kappa shape index (κ1) is 17.3. The Labute approximate surface area is 157 Å². The van der Waals surface area contributed by atoms with Gasteiger partial charge in [0.1, 0.15) is 5.82 Å². The fourth-order valence-electron chi connectivity index (χ4n) is 3.52. The Hall–Kier alpha value is -3.15. The number of piperidine rings is 1. The van der Waals surface area contributed by atoms with E-state index >= 15 is 0 Å². The zero-order chi connectivity index (χ0) is 18.8. The van der Waals surface area contributed by atoms with E-state index in [1.54, 1.807) is 11.8 Å². The number of nitrogens with zero attached hydrogens (tertiary/aromatic N) is 2. The minimum Gasteiger partial charge on any atom is -0.348 e. The van der Waals surface area contributed by atoms with Crippen molar-refractivity contribution in [2.45, 2.75) is 25.8 Å². The lowest BCUT2D eigenvalue weighted by molar-refractivity contribution is -0.130. The van der Waals surface area contributed by atoms with Gasteiger partial charge in [0.15, 0.2) is 0 Å². The number of aromatic nitrogens is 2. The molecule has 1 aliphatic rings. The first-order valence-corrected chi connectivity index (χ1v) is 9.22. The number of nitrogens with one attached hydrogen (secondary N) is 2. The van der Waals surface area contributed by atoms with E-state index in [1.165, 1.54) is 0 Å². The average Bonchev–Trinajstić information content (AvgIpc) is 3.12. The van der Waals surface area contributed by atoms with Crippen molar-refractivity contribution in [3.05, 3.63) is 54.1 Å². The van der Waals surface area contributed by atoms with Crippen LogP contribution >= 0.6 is 0 Å². The molecule has 2 aromatic carbocycles. The third-order valence-electron chi connectivity index (χ3n) is 5.01. The number of likely N-dealkylation sites (tertiary alicyclic amines) is 1. The summed E-state index contributed by atoms with van der Waals surface area (Å²) in [6.07, 6.45) is 1.81. The molecule has 27 heavy (non-hydrogen) atoms. The predicted octanol–water partition coefficient (Wildman–Crippen LogP) is 2.97. The van der Waals surface area contributed by atoms with Crippen molar-refractivity contribution in [2.24, 2.45) is 0 Å². The molecule has 2 N–H and O–H groups in total. The van der Waals surface area contributed by atoms with Gasteiger partial charge < -0.3 is 15.2 Å². The molecule has 1 saturated heterocycles. The van der Waals surface area contributed by atoms with Crippen molar-refractivity contribution >= 4 is 22.8 Å². The van der Waals surface area contributed by atoms with Crippen molar-refractivity contribution < 1.29 is 9.59 Å². The summed E-state index contributed by atoms with van der Waals surface area (Å²) in [5.74, 6) is 0.734. The quantitative estimate of drug-likeness (QED) is 0.752. The highest BCUT2D eigenvalue weighted by Crippen LogP contribution is 2.21. The van der Waals surface area contributed by atoms with E-state index in [4.69, 9.17) is 0 Å². The summed E-state index contributed by atoms with van der Waals surface area (Å²) in [5.41, 5.74) is 3.45. The summed E-state index contributed by atoms with van der Waals surface area (Å²) in [7, 11) is 0. The average molecular weight is 362 g/mol. The maximum Gasteiger partial charge on any atom is 0.251 e. The van der Waals surface area contributed by atoms with Crippen LogP contribution in [0.5, 0.6) is 0 Å². The summed E-state index contributed by atoms with van der Waals surface area (Å²) in [5, 5.41) is 3.04. The van der Waals surface area contributed by atoms with Crippen LogP contribution in [0.25, 0.3) is 22.4 Å². The number of carbonyl (C=O) groups is 2. The van der Waals surface area contributed by atoms with Gasteiger partial charge in [-0.05, 0) is 37.1 Å². The Balaban J connectivity index is 1.45. The smallest absolute Gasteiger partial charge is 0.251 e. The normalized spacial score (nSPS) is 17.1. The van der Waals surface area contributed by atoms with Crippen LogP contribution in [0.4, 0.5) is 0 Å². The van der Waals surface area contributed by atoms with Crippen LogP contribution in [-0.2, 0) is 4.79 Å². The second-order valence-electron chi connectivity index (χ2n) is 6.96. The molecular weight excluding hydrogens is 340 g/mol. The number of rotatable bonds is 3. The monoisotopic (exact) mass is 362 g/mol. The lowest BCUT2D eigenvalue weighted by Gasteiger charge is -2.32. The SMILES string of the molecule is CC(=O)N1CCC[C@H](NC(=O)c2ccc(-c3nc4ccccc4[nH]3)cc2)C1. The van der Waals surface area contributed by atoms with Crippen LogP contribution in [0.15, 0.2) is 48.5 Å². The van der Waals surface area contributed by atoms with Crippen LogP contribution in [-0.4, -0.2) is 45.8 Å². The number of amides is 2. The lowest BCUT2D eigenvalue weighted by atomic mass is 10.0. The zero-order valence-electron chi connectivity index (χ0n) is 15.2. The van der Waals surface area contributed by atoms with Crippen LogP contribution in [0.1, 0.15) is 30.1 Å². The van der Waals surface area contributed by atoms with Gasteiger partial charge in [-0.15, -0.1) is 0 Å². The first-order valence-electron chi connectivity index (χ1n) is 9.22. The number of benzene rings is 2. The van der Waals surface area contributed by atoms with Gasteiger partial charge in [0, 0.05) is 37.2 Å². The van der Waals surface area contributed by atoms with E-state index in [-0.39, 0.29) is 17.9 Å². The fraction of sp³-hybridized carbons (Fsp3) is 0.286. The zero-order valence-corrected chi connectivity index (χ0v) is 15.2. The van der Waals surface area contributed by atoms with Gasteiger partial charge in [-0.1, -0.05) is 24.3 Å². The largest absolute Gasteiger partial charge is 0.348 e. The number of carbonyl (C=O) groups excluding carboxylic acids is 2. The van der Waals surface area contributed by atoms with E-state index < -0.39 is 0 Å². The van der Waals surface area contributed by atoms with E-state index in [0.717, 1.165) is 41.8 Å². The standard InChI is InChI=1S/C21H22N4O2/c1-14(26)25-12-4-5-17(13-25)22-21(27)16-10-8-15(9-11-16)20-23-18-6-2-3-7-19(18)24-20/h2-3,6-11,17H,4-5,12-13H2,1H3,(H,22,27)(H,23,24)/t17-/m0/s1. The molecule has 4 rings (SSSR count). The number of fused-ring (bicyclic) bond motifs is 1. The minimum atomic E-state index is -0.110. The lowest BCUT2D eigenvalue weighted by Crippen LogP contribution is -2.49. The second kappa shape index (κ2) is 7.23. The molecule has 3 aromatic rings. The number of hydrogen-bond donors (Lipinski definition) is 2. The fourth-order valence-corrected chi connectivity index (χ4v) is 3.52. The third kappa shape index (κ3) is 3.69. The molecular formula is C21H22N4O2. The highest BCUT2D eigenvalue weighted by Gasteiger charge is 2.23. The highest BCUT2D eigenvalue weighted by atomic mass is 16.2. The van der Waals surface area contributed by atoms with Gasteiger partial charge in [0.25, 0.3) is 5.91 Å². The van der Waals surface area contributed by atoms with Crippen molar-refractivity contribution in [1.29, 1.82) is 0 Å². The summed E-state index contributed by atoms with van der Waals surface area (Å²) < 4.78 is 0. The summed E-state index contributed by atoms with van der Waals surface area (Å²) in [4.78, 5) is 33.7. The van der Waals surface area contributed by atoms with Crippen molar-refractivity contribution in [3.63, 3.8) is 0 Å². The van der Waals surface area contributed by atoms with E-state index in [2.05, 4.69) is 15.3 Å². The summed E-state index contributed by atoms with van der Waals surface area (Å²) in [6.45, 7) is 2.92. The van der Waals surface area contributed by atoms with Crippen LogP contribution in [0.2, 0.25) is 0 Å². The Morgan fingerprint density at radius 2 is 1.93 bits per heavy atom. The molecule has 0 spiro atoms. The Morgan fingerprint density at radius 1 is 1.15 bits per heavy atom. The molecule has 138 valence electrons. The van der Waals surface area contributed by atoms with Crippen molar-refractivity contribution in [2.75, 3.05) is 13.1 Å². The molecule has 1 atom stereocenters. The Bertz CT molecular complexity index is 944. The molecule has 2 amide bonds. The molecule has 0 bridgehead atoms. The van der Waals surface area contributed by atoms with E-state index in [1.807, 2.05) is 48.5 Å². The molecule has 1 aliphatic heterocycles. The van der Waals surface area contributed by atoms with Crippen LogP contribution in [0.3, 0.4) is 0 Å². The molecule has 6 heteroatoms. The van der Waals surface area contributed by atoms with Gasteiger partial charge in [-0.25, -0.2) is 4.98 Å². The van der Waals surface area contributed by atoms with Gasteiger partial charge in [-0.3, -0.25) is 9.59 Å². The number of aromatic amines is 1. The number of imidazole rings is 1. The maximum atomic E-state index is 12.5. The molecule has 0 aliphatic carbocycles. The topological polar surface area (TPSA) is 78.1 Å². The predicted molar refractivity (Wildman–Crippen MR) is 104 cm³/mol. The van der Waals surface area contributed by atoms with Gasteiger partial charge >= 0.3 is 0 Å². The van der Waals surface area contributed by atoms with Crippen molar-refractivity contribution in [1.82, 2.24) is 20.2 Å². The van der Waals surface area contributed by atoms with Crippen LogP contribution < -0.4 is 5.32 Å². The summed E-state index contributed by atoms with van der Waals surface area (Å²) >= 11 is 0. The van der Waals surface area contributed by atoms with E-state index in [0.29, 0.717) is 12.1 Å². The second-order valence-corrected chi connectivity index (χ2v) is 6.96. The number of hydrogen-bond acceptors (Lipinski definition) is 3. The Kier molecular flexibility index (Phi) is 4.62. The number of H-pyrrole nitrogens is 1. The minimum absolute atomic E-state index is 0.00481. The highest BCUT2D eigenvalue weighted by molar-refractivity contribution is 5.95. The molecule has 1 fully saturated rings. The molecule has 0 radical (unpaired) electrons. The van der Waals surface area contributed by atoms with E-state index in [9.17, 15) is 9.59 Å². The first-order chi connectivity index (χ1) is 13.1. The molecule has 6 nitrogen and oxygen atoms in total. The van der Waals surface area contributed by atoms with Crippen LogP contribution in [0, 0.1) is 0 Å². The van der Waals surface area contributed by atoms with Crippen molar-refractivity contribution in [3.8, 4) is 11.4 Å². The van der Waals surface area contributed by atoms with Gasteiger partial charge in [0.2, 0.25) is 5.91 Å². The molecule has 2 heterocycles. The Morgan fingerprint density at radius 3 is 2.67 bits per heavy atom. The number of para-hydroxylation sites is 2. The summed E-state index contributed by atoms with van der Waals surface area (Å²) in [6, 6.07) is 15.3. The van der Waals surface area contributed by atoms with Gasteiger partial charge in [0.05, 0.1) is 11.0 Å². The third-order valence-corrected chi connectivity index (χ3v) is 5.01. The maximum absolute atomic E-state index is 12.5. The van der Waals surface area contributed by atoms with Gasteiger partial charge in [-0.2, -0.15) is 0 Å². The molecule has 0 unspecified atom stereocenters. The molecule has 1 aromatic heterocycles.